The zero-order valence-corrected chi connectivity index (χ0v) is 22.2. The molecule has 156 valence electrons. The molecule has 1 heterocycles. The second kappa shape index (κ2) is 8.75. The Morgan fingerprint density at radius 1 is 1.00 bits per heavy atom. The average Bonchev–Trinajstić information content (AvgIpc) is 3.02. The van der Waals surface area contributed by atoms with Gasteiger partial charge in [-0.25, -0.2) is 0 Å². The normalized spacial score (nSPS) is 12.5. The van der Waals surface area contributed by atoms with Crippen molar-refractivity contribution in [1.82, 2.24) is 4.57 Å². The Balaban J connectivity index is 1.89. The van der Waals surface area contributed by atoms with Gasteiger partial charge in [0.2, 0.25) is 0 Å². The van der Waals surface area contributed by atoms with Crippen molar-refractivity contribution in [3.05, 3.63) is 59.8 Å². The monoisotopic (exact) mass is 499 g/mol. The molecule has 0 radical (unpaired) electrons. The van der Waals surface area contributed by atoms with E-state index in [1.54, 1.807) is 3.58 Å². The number of hydrogen-bond acceptors (Lipinski definition) is 1. The number of ether oxygens (including phenoxy) is 1. The van der Waals surface area contributed by atoms with Crippen molar-refractivity contribution in [2.75, 3.05) is 0 Å². The van der Waals surface area contributed by atoms with Gasteiger partial charge in [0.05, 0.1) is 0 Å². The molecule has 0 atom stereocenters. The van der Waals surface area contributed by atoms with Gasteiger partial charge in [0.1, 0.15) is 0 Å². The Kier molecular flexibility index (Phi) is 6.72. The number of fused-ring (bicyclic) bond motifs is 1. The standard InChI is InChI=1S/C23H28NO.3CH3.Sn/c1-5-9-20-19-14-15-24(17-23(2,3)4)21(19)12-13-22(20)25-16-18-10-7-6-8-11-18;;;;/h6-7,10-15H,5,9,16-17H2,1-4H3;3*1H3;. The SMILES string of the molecule is CCCc1c(OCc2ccc[c]([Sn]([CH3])([CH3])[CH3])c2)ccc2c1ccn2CC(C)(C)C. The Morgan fingerprint density at radius 2 is 1.76 bits per heavy atom. The van der Waals surface area contributed by atoms with E-state index < -0.39 is 18.4 Å². The van der Waals surface area contributed by atoms with Gasteiger partial charge in [-0.1, -0.05) is 20.8 Å². The summed E-state index contributed by atoms with van der Waals surface area (Å²) in [4.78, 5) is 7.39. The van der Waals surface area contributed by atoms with E-state index in [1.807, 2.05) is 0 Å². The zero-order valence-electron chi connectivity index (χ0n) is 19.3. The first-order valence-electron chi connectivity index (χ1n) is 10.9. The van der Waals surface area contributed by atoms with Crippen molar-refractivity contribution >= 4 is 32.9 Å². The van der Waals surface area contributed by atoms with Crippen LogP contribution in [0.2, 0.25) is 14.8 Å². The van der Waals surface area contributed by atoms with Gasteiger partial charge in [0.25, 0.3) is 0 Å². The fourth-order valence-electron chi connectivity index (χ4n) is 3.89. The van der Waals surface area contributed by atoms with Gasteiger partial charge in [-0.3, -0.25) is 0 Å². The van der Waals surface area contributed by atoms with Crippen LogP contribution in [-0.4, -0.2) is 22.9 Å². The summed E-state index contributed by atoms with van der Waals surface area (Å²) >= 11 is -2.06. The van der Waals surface area contributed by atoms with Crippen molar-refractivity contribution < 1.29 is 4.74 Å². The number of aromatic nitrogens is 1. The smallest absolute Gasteiger partial charge is 0.0585 e. The van der Waals surface area contributed by atoms with E-state index in [9.17, 15) is 0 Å². The van der Waals surface area contributed by atoms with Crippen LogP contribution in [0.25, 0.3) is 10.9 Å². The van der Waals surface area contributed by atoms with Gasteiger partial charge in [0, 0.05) is 0 Å². The van der Waals surface area contributed by atoms with Gasteiger partial charge in [0.15, 0.2) is 0 Å². The molecule has 3 heteroatoms. The molecule has 0 aliphatic rings. The first-order valence-corrected chi connectivity index (χ1v) is 20.9. The number of benzene rings is 2. The molecule has 0 amide bonds. The molecule has 0 fully saturated rings. The molecule has 3 aromatic rings. The Hall–Kier alpha value is -1.42. The van der Waals surface area contributed by atoms with Gasteiger partial charge >= 0.3 is 161 Å². The number of nitrogens with zero attached hydrogens (tertiary/aromatic N) is 1. The van der Waals surface area contributed by atoms with E-state index >= 15 is 0 Å². The molecule has 0 bridgehead atoms. The van der Waals surface area contributed by atoms with Crippen LogP contribution in [0.4, 0.5) is 0 Å². The average molecular weight is 498 g/mol. The van der Waals surface area contributed by atoms with Crippen molar-refractivity contribution in [2.24, 2.45) is 5.41 Å². The second-order valence-electron chi connectivity index (χ2n) is 10.5. The van der Waals surface area contributed by atoms with Crippen LogP contribution < -0.4 is 8.32 Å². The van der Waals surface area contributed by atoms with E-state index in [0.29, 0.717) is 6.61 Å². The van der Waals surface area contributed by atoms with Crippen LogP contribution in [0, 0.1) is 5.41 Å². The van der Waals surface area contributed by atoms with Gasteiger partial charge in [-0.15, -0.1) is 0 Å². The zero-order chi connectivity index (χ0) is 21.2. The van der Waals surface area contributed by atoms with Crippen molar-refractivity contribution in [3.8, 4) is 5.75 Å². The summed E-state index contributed by atoms with van der Waals surface area (Å²) in [5.41, 5.74) is 4.21. The summed E-state index contributed by atoms with van der Waals surface area (Å²) in [6.45, 7) is 10.8. The molecular formula is C26H37NOSn. The molecule has 2 aromatic carbocycles. The molecule has 3 rings (SSSR count). The third-order valence-electron chi connectivity index (χ3n) is 5.35. The van der Waals surface area contributed by atoms with Crippen LogP contribution in [0.5, 0.6) is 5.75 Å². The molecule has 0 aliphatic heterocycles. The molecule has 0 saturated heterocycles. The third-order valence-corrected chi connectivity index (χ3v) is 11.2. The maximum atomic E-state index is 6.38. The molecule has 0 N–H and O–H groups in total. The summed E-state index contributed by atoms with van der Waals surface area (Å²) < 4.78 is 10.3. The van der Waals surface area contributed by atoms with Gasteiger partial charge in [-0.2, -0.15) is 0 Å². The summed E-state index contributed by atoms with van der Waals surface area (Å²) in [5.74, 6) is 1.04. The Bertz CT molecular complexity index is 973. The van der Waals surface area contributed by atoms with Crippen LogP contribution in [0.15, 0.2) is 48.7 Å². The maximum absolute atomic E-state index is 6.38. The van der Waals surface area contributed by atoms with Crippen molar-refractivity contribution in [2.45, 2.75) is 68.5 Å². The van der Waals surface area contributed by atoms with Crippen LogP contribution >= 0.6 is 0 Å². The van der Waals surface area contributed by atoms with E-state index in [-0.39, 0.29) is 5.41 Å². The number of rotatable bonds is 7. The van der Waals surface area contributed by atoms with Gasteiger partial charge < -0.3 is 0 Å². The van der Waals surface area contributed by atoms with Crippen LogP contribution in [-0.2, 0) is 19.6 Å². The van der Waals surface area contributed by atoms with Crippen molar-refractivity contribution in [3.63, 3.8) is 0 Å². The molecule has 0 unspecified atom stereocenters. The van der Waals surface area contributed by atoms with Crippen molar-refractivity contribution in [1.29, 1.82) is 0 Å². The molecule has 1 aromatic heterocycles. The molecule has 0 spiro atoms. The molecule has 0 aliphatic carbocycles. The number of hydrogen-bond donors (Lipinski definition) is 0. The topological polar surface area (TPSA) is 14.2 Å². The minimum absolute atomic E-state index is 0.259. The quantitative estimate of drug-likeness (QED) is 0.328. The number of aryl methyl sites for hydroxylation is 1. The van der Waals surface area contributed by atoms with E-state index in [2.05, 4.69) is 95.7 Å². The van der Waals surface area contributed by atoms with E-state index in [4.69, 9.17) is 4.74 Å². The van der Waals surface area contributed by atoms with Gasteiger partial charge in [-0.05, 0) is 0 Å². The van der Waals surface area contributed by atoms with E-state index in [0.717, 1.165) is 25.1 Å². The minimum atomic E-state index is -2.06. The van der Waals surface area contributed by atoms with Crippen LogP contribution in [0.1, 0.15) is 45.2 Å². The van der Waals surface area contributed by atoms with Crippen LogP contribution in [0.3, 0.4) is 0 Å². The second-order valence-corrected chi connectivity index (χ2v) is 25.0. The van der Waals surface area contributed by atoms with E-state index in [1.165, 1.54) is 22.0 Å². The Morgan fingerprint density at radius 3 is 2.41 bits per heavy atom. The first-order chi connectivity index (χ1) is 13.6. The minimum Gasteiger partial charge on any atom is -0.0585 e. The Labute approximate surface area is 181 Å². The predicted molar refractivity (Wildman–Crippen MR) is 129 cm³/mol. The first kappa shape index (κ1) is 22.3. The summed E-state index contributed by atoms with van der Waals surface area (Å²) in [7, 11) is 0. The molecular weight excluding hydrogens is 461 g/mol. The summed E-state index contributed by atoms with van der Waals surface area (Å²) in [5, 5.41) is 1.34. The summed E-state index contributed by atoms with van der Waals surface area (Å²) in [6.07, 6.45) is 4.40. The fourth-order valence-corrected chi connectivity index (χ4v) is 7.36. The molecule has 0 saturated carbocycles. The molecule has 29 heavy (non-hydrogen) atoms. The predicted octanol–water partition coefficient (Wildman–Crippen LogP) is 6.76. The molecule has 2 nitrogen and oxygen atoms in total. The fraction of sp³-hybridized carbons (Fsp3) is 0.462. The third kappa shape index (κ3) is 5.59. The summed E-state index contributed by atoms with van der Waals surface area (Å²) in [6, 6.07) is 15.7.